The summed E-state index contributed by atoms with van der Waals surface area (Å²) in [5.74, 6) is 0. The minimum atomic E-state index is 0.0687. The molecule has 1 N–H and O–H groups in total. The Morgan fingerprint density at radius 1 is 1.25 bits per heavy atom. The minimum absolute atomic E-state index is 0.0687. The molecule has 2 nitrogen and oxygen atoms in total. The van der Waals surface area contributed by atoms with Crippen molar-refractivity contribution in [1.82, 2.24) is 4.98 Å². The Morgan fingerprint density at radius 3 is 2.69 bits per heavy atom. The largest absolute Gasteiger partial charge is 0.357 e. The molecule has 0 saturated carbocycles. The van der Waals surface area contributed by atoms with Crippen molar-refractivity contribution in [2.45, 2.75) is 19.8 Å². The van der Waals surface area contributed by atoms with Crippen molar-refractivity contribution in [2.75, 3.05) is 0 Å². The molecule has 2 rings (SSSR count). The van der Waals surface area contributed by atoms with E-state index in [-0.39, 0.29) is 5.43 Å². The molecule has 0 saturated heterocycles. The molecule has 0 radical (unpaired) electrons. The number of aryl methyl sites for hydroxylation is 1. The molecule has 1 aromatic carbocycles. The summed E-state index contributed by atoms with van der Waals surface area (Å²) < 4.78 is 1.81. The Balaban J connectivity index is 2.77. The van der Waals surface area contributed by atoms with E-state index in [2.05, 4.69) is 43.8 Å². The highest BCUT2D eigenvalue weighted by Crippen LogP contribution is 2.25. The molecule has 84 valence electrons. The summed E-state index contributed by atoms with van der Waals surface area (Å²) in [7, 11) is 0. The SMILES string of the molecule is CCCc1cc(=O)c2cc(Br)cc(Br)c2[nH]1. The molecule has 1 heterocycles. The van der Waals surface area contributed by atoms with Gasteiger partial charge >= 0.3 is 0 Å². The molecule has 0 aliphatic heterocycles. The number of aromatic amines is 1. The Kier molecular flexibility index (Phi) is 3.50. The lowest BCUT2D eigenvalue weighted by Crippen LogP contribution is -2.05. The third-order valence-electron chi connectivity index (χ3n) is 2.43. The van der Waals surface area contributed by atoms with Gasteiger partial charge in [0.25, 0.3) is 0 Å². The van der Waals surface area contributed by atoms with Gasteiger partial charge in [-0.1, -0.05) is 29.3 Å². The van der Waals surface area contributed by atoms with E-state index in [1.807, 2.05) is 12.1 Å². The first-order valence-electron chi connectivity index (χ1n) is 5.12. The van der Waals surface area contributed by atoms with Gasteiger partial charge in [-0.25, -0.2) is 0 Å². The third-order valence-corrected chi connectivity index (χ3v) is 3.51. The van der Waals surface area contributed by atoms with Crippen molar-refractivity contribution in [3.05, 3.63) is 43.1 Å². The van der Waals surface area contributed by atoms with Crippen molar-refractivity contribution >= 4 is 42.8 Å². The summed E-state index contributed by atoms with van der Waals surface area (Å²) in [6.07, 6.45) is 1.92. The number of fused-ring (bicyclic) bond motifs is 1. The number of halogens is 2. The van der Waals surface area contributed by atoms with E-state index in [1.165, 1.54) is 0 Å². The molecule has 1 aromatic heterocycles. The summed E-state index contributed by atoms with van der Waals surface area (Å²) >= 11 is 6.85. The zero-order valence-electron chi connectivity index (χ0n) is 8.81. The van der Waals surface area contributed by atoms with Gasteiger partial charge in [0.1, 0.15) is 0 Å². The average molecular weight is 345 g/mol. The van der Waals surface area contributed by atoms with Gasteiger partial charge in [0.05, 0.1) is 5.52 Å². The van der Waals surface area contributed by atoms with E-state index >= 15 is 0 Å². The van der Waals surface area contributed by atoms with Crippen LogP contribution in [0.3, 0.4) is 0 Å². The van der Waals surface area contributed by atoms with Crippen LogP contribution in [-0.2, 0) is 6.42 Å². The Labute approximate surface area is 110 Å². The smallest absolute Gasteiger partial charge is 0.189 e. The van der Waals surface area contributed by atoms with Crippen LogP contribution >= 0.6 is 31.9 Å². The zero-order valence-corrected chi connectivity index (χ0v) is 12.0. The number of hydrogen-bond donors (Lipinski definition) is 1. The van der Waals surface area contributed by atoms with E-state index < -0.39 is 0 Å². The predicted molar refractivity (Wildman–Crippen MR) is 74.0 cm³/mol. The summed E-state index contributed by atoms with van der Waals surface area (Å²) in [5, 5.41) is 0.709. The lowest BCUT2D eigenvalue weighted by atomic mass is 10.1. The van der Waals surface area contributed by atoms with Crippen LogP contribution in [0.1, 0.15) is 19.0 Å². The standard InChI is InChI=1S/C12H11Br2NO/c1-2-3-8-6-11(16)9-4-7(13)5-10(14)12(9)15-8/h4-6H,2-3H2,1H3,(H,15,16). The van der Waals surface area contributed by atoms with Gasteiger partial charge in [0.15, 0.2) is 5.43 Å². The zero-order chi connectivity index (χ0) is 11.7. The molecule has 0 aliphatic rings. The van der Waals surface area contributed by atoms with Crippen molar-refractivity contribution in [3.8, 4) is 0 Å². The maximum Gasteiger partial charge on any atom is 0.189 e. The fraction of sp³-hybridized carbons (Fsp3) is 0.250. The molecule has 0 atom stereocenters. The van der Waals surface area contributed by atoms with Crippen LogP contribution in [0.2, 0.25) is 0 Å². The Hall–Kier alpha value is -0.610. The lowest BCUT2D eigenvalue weighted by molar-refractivity contribution is 0.888. The Bertz CT molecular complexity index is 589. The van der Waals surface area contributed by atoms with Crippen LogP contribution < -0.4 is 5.43 Å². The third kappa shape index (κ3) is 2.23. The fourth-order valence-electron chi connectivity index (χ4n) is 1.73. The van der Waals surface area contributed by atoms with Gasteiger partial charge in [-0.05, 0) is 34.5 Å². The van der Waals surface area contributed by atoms with Gasteiger partial charge in [0.2, 0.25) is 0 Å². The summed E-state index contributed by atoms with van der Waals surface area (Å²) in [6.45, 7) is 2.10. The molecule has 0 aliphatic carbocycles. The molecule has 4 heteroatoms. The first-order valence-corrected chi connectivity index (χ1v) is 6.71. The molecule has 0 amide bonds. The number of pyridine rings is 1. The molecule has 0 bridgehead atoms. The van der Waals surface area contributed by atoms with Crippen LogP contribution in [0, 0.1) is 0 Å². The first kappa shape index (κ1) is 11.9. The predicted octanol–water partition coefficient (Wildman–Crippen LogP) is 4.01. The molecule has 2 aromatic rings. The molecule has 0 spiro atoms. The van der Waals surface area contributed by atoms with E-state index in [0.717, 1.165) is 33.0 Å². The molecule has 0 fully saturated rings. The summed E-state index contributed by atoms with van der Waals surface area (Å²) in [6, 6.07) is 5.47. The van der Waals surface area contributed by atoms with E-state index in [1.54, 1.807) is 6.07 Å². The summed E-state index contributed by atoms with van der Waals surface area (Å²) in [5.41, 5.74) is 1.93. The quantitative estimate of drug-likeness (QED) is 0.877. The van der Waals surface area contributed by atoms with Gasteiger partial charge in [-0.15, -0.1) is 0 Å². The number of benzene rings is 1. The molecule has 16 heavy (non-hydrogen) atoms. The van der Waals surface area contributed by atoms with Crippen molar-refractivity contribution in [1.29, 1.82) is 0 Å². The van der Waals surface area contributed by atoms with Gasteiger partial charge in [0, 0.05) is 26.1 Å². The highest BCUT2D eigenvalue weighted by Gasteiger charge is 2.06. The molecular formula is C12H11Br2NO. The summed E-state index contributed by atoms with van der Waals surface area (Å²) in [4.78, 5) is 15.2. The van der Waals surface area contributed by atoms with Crippen molar-refractivity contribution in [3.63, 3.8) is 0 Å². The second-order valence-electron chi connectivity index (χ2n) is 3.72. The van der Waals surface area contributed by atoms with Crippen LogP contribution in [0.15, 0.2) is 31.9 Å². The van der Waals surface area contributed by atoms with Crippen LogP contribution in [0.4, 0.5) is 0 Å². The van der Waals surface area contributed by atoms with Crippen LogP contribution in [0.5, 0.6) is 0 Å². The number of H-pyrrole nitrogens is 1. The highest BCUT2D eigenvalue weighted by molar-refractivity contribution is 9.11. The number of nitrogens with one attached hydrogen (secondary N) is 1. The maximum absolute atomic E-state index is 11.9. The lowest BCUT2D eigenvalue weighted by Gasteiger charge is -2.05. The number of hydrogen-bond acceptors (Lipinski definition) is 1. The van der Waals surface area contributed by atoms with E-state index in [9.17, 15) is 4.79 Å². The van der Waals surface area contributed by atoms with Crippen LogP contribution in [0.25, 0.3) is 10.9 Å². The number of aromatic nitrogens is 1. The second kappa shape index (κ2) is 4.72. The Morgan fingerprint density at radius 2 is 2.00 bits per heavy atom. The maximum atomic E-state index is 11.9. The fourth-order valence-corrected chi connectivity index (χ4v) is 3.06. The molecule has 0 unspecified atom stereocenters. The normalized spacial score (nSPS) is 10.9. The van der Waals surface area contributed by atoms with Gasteiger partial charge in [-0.3, -0.25) is 4.79 Å². The highest BCUT2D eigenvalue weighted by atomic mass is 79.9. The second-order valence-corrected chi connectivity index (χ2v) is 5.49. The van der Waals surface area contributed by atoms with Crippen molar-refractivity contribution < 1.29 is 0 Å². The van der Waals surface area contributed by atoms with Gasteiger partial charge in [-0.2, -0.15) is 0 Å². The van der Waals surface area contributed by atoms with E-state index in [0.29, 0.717) is 5.39 Å². The van der Waals surface area contributed by atoms with Crippen molar-refractivity contribution in [2.24, 2.45) is 0 Å². The topological polar surface area (TPSA) is 32.9 Å². The minimum Gasteiger partial charge on any atom is -0.357 e. The average Bonchev–Trinajstić information content (AvgIpc) is 2.20. The van der Waals surface area contributed by atoms with Gasteiger partial charge < -0.3 is 4.98 Å². The van der Waals surface area contributed by atoms with E-state index in [4.69, 9.17) is 0 Å². The molecular weight excluding hydrogens is 334 g/mol. The number of rotatable bonds is 2. The van der Waals surface area contributed by atoms with Crippen LogP contribution in [-0.4, -0.2) is 4.98 Å². The first-order chi connectivity index (χ1) is 7.61. The monoisotopic (exact) mass is 343 g/mol.